The van der Waals surface area contributed by atoms with Gasteiger partial charge in [-0.3, -0.25) is 19.7 Å². The number of imidazole rings is 1. The van der Waals surface area contributed by atoms with E-state index >= 15 is 0 Å². The third-order valence-electron chi connectivity index (χ3n) is 4.21. The maximum atomic E-state index is 14.5. The summed E-state index contributed by atoms with van der Waals surface area (Å²) in [5.41, 5.74) is 3.31. The van der Waals surface area contributed by atoms with Crippen LogP contribution in [0.25, 0.3) is 33.5 Å². The summed E-state index contributed by atoms with van der Waals surface area (Å²) >= 11 is 0. The Bertz CT molecular complexity index is 1140. The molecule has 4 aromatic rings. The lowest BCUT2D eigenvalue weighted by Gasteiger charge is -2.07. The van der Waals surface area contributed by atoms with Crippen LogP contribution in [0.15, 0.2) is 49.1 Å². The van der Waals surface area contributed by atoms with E-state index in [4.69, 9.17) is 0 Å². The number of H-pyrrole nitrogens is 1. The maximum Gasteiger partial charge on any atom is 0.227 e. The Morgan fingerprint density at radius 1 is 1.21 bits per heavy atom. The lowest BCUT2D eigenvalue weighted by Crippen LogP contribution is -2.24. The average molecular weight is 376 g/mol. The maximum absolute atomic E-state index is 14.5. The highest BCUT2D eigenvalue weighted by Gasteiger charge is 2.17. The second-order valence-corrected chi connectivity index (χ2v) is 6.16. The molecule has 1 amide bonds. The number of likely N-dealkylation sites (N-methyl/N-ethyl adjacent to an activating group) is 1. The number of fused-ring (bicyclic) bond motifs is 1. The number of carbonyl (C=O) groups excluding carboxylic acids is 1. The van der Waals surface area contributed by atoms with Gasteiger partial charge in [-0.05, 0) is 31.2 Å². The third kappa shape index (κ3) is 3.44. The van der Waals surface area contributed by atoms with Crippen molar-refractivity contribution >= 4 is 16.9 Å². The van der Waals surface area contributed by atoms with E-state index in [2.05, 4.69) is 30.2 Å². The van der Waals surface area contributed by atoms with Gasteiger partial charge in [0.1, 0.15) is 17.3 Å². The van der Waals surface area contributed by atoms with Crippen molar-refractivity contribution in [3.63, 3.8) is 0 Å². The van der Waals surface area contributed by atoms with E-state index < -0.39 is 5.82 Å². The van der Waals surface area contributed by atoms with E-state index in [9.17, 15) is 9.18 Å². The van der Waals surface area contributed by atoms with Crippen molar-refractivity contribution in [3.05, 3.63) is 60.7 Å². The van der Waals surface area contributed by atoms with Crippen molar-refractivity contribution < 1.29 is 9.18 Å². The second kappa shape index (κ2) is 7.51. The first-order valence-corrected chi connectivity index (χ1v) is 8.82. The first-order valence-electron chi connectivity index (χ1n) is 8.82. The van der Waals surface area contributed by atoms with Gasteiger partial charge < -0.3 is 10.3 Å². The quantitative estimate of drug-likeness (QED) is 0.558. The highest BCUT2D eigenvalue weighted by Crippen LogP contribution is 2.32. The molecule has 4 rings (SSSR count). The molecule has 0 aliphatic carbocycles. The normalized spacial score (nSPS) is 10.9. The van der Waals surface area contributed by atoms with E-state index in [0.717, 1.165) is 5.56 Å². The highest BCUT2D eigenvalue weighted by molar-refractivity contribution is 5.95. The topological polar surface area (TPSA) is 96.5 Å². The summed E-state index contributed by atoms with van der Waals surface area (Å²) in [6.45, 7) is 2.39. The summed E-state index contributed by atoms with van der Waals surface area (Å²) in [6, 6.07) is 6.53. The molecular formula is C20H17FN6O. The van der Waals surface area contributed by atoms with E-state index in [0.29, 0.717) is 34.7 Å². The first-order chi connectivity index (χ1) is 13.7. The number of halogens is 1. The van der Waals surface area contributed by atoms with Gasteiger partial charge in [0.25, 0.3) is 0 Å². The number of hydrogen-bond donors (Lipinski definition) is 2. The number of benzene rings is 1. The summed E-state index contributed by atoms with van der Waals surface area (Å²) in [5.74, 6) is -0.0931. The van der Waals surface area contributed by atoms with Gasteiger partial charge in [0.05, 0.1) is 29.3 Å². The minimum atomic E-state index is -0.451. The van der Waals surface area contributed by atoms with Crippen LogP contribution in [-0.2, 0) is 11.2 Å². The Hall–Kier alpha value is -3.68. The average Bonchev–Trinajstić information content (AvgIpc) is 3.11. The third-order valence-corrected chi connectivity index (χ3v) is 4.21. The van der Waals surface area contributed by atoms with Crippen molar-refractivity contribution in [1.82, 2.24) is 30.2 Å². The smallest absolute Gasteiger partial charge is 0.227 e. The molecule has 0 aliphatic rings. The monoisotopic (exact) mass is 376 g/mol. The van der Waals surface area contributed by atoms with Crippen molar-refractivity contribution in [2.24, 2.45) is 0 Å². The molecule has 28 heavy (non-hydrogen) atoms. The van der Waals surface area contributed by atoms with E-state index in [-0.39, 0.29) is 18.0 Å². The predicted octanol–water partition coefficient (Wildman–Crippen LogP) is 2.90. The Kier molecular flexibility index (Phi) is 4.76. The molecule has 0 aliphatic heterocycles. The molecule has 0 fully saturated rings. The number of aromatic nitrogens is 5. The van der Waals surface area contributed by atoms with Crippen LogP contribution in [0.3, 0.4) is 0 Å². The van der Waals surface area contributed by atoms with Gasteiger partial charge in [0.2, 0.25) is 5.91 Å². The van der Waals surface area contributed by atoms with Crippen molar-refractivity contribution in [2.75, 3.05) is 6.54 Å². The number of nitrogens with one attached hydrogen (secondary N) is 2. The van der Waals surface area contributed by atoms with Crippen LogP contribution in [0.2, 0.25) is 0 Å². The van der Waals surface area contributed by atoms with E-state index in [1.54, 1.807) is 24.7 Å². The Balaban J connectivity index is 1.90. The van der Waals surface area contributed by atoms with Gasteiger partial charge in [-0.15, -0.1) is 0 Å². The molecule has 7 nitrogen and oxygen atoms in total. The van der Waals surface area contributed by atoms with Crippen LogP contribution in [0.1, 0.15) is 12.7 Å². The van der Waals surface area contributed by atoms with Crippen molar-refractivity contribution in [1.29, 1.82) is 0 Å². The number of hydrogen-bond acceptors (Lipinski definition) is 5. The lowest BCUT2D eigenvalue weighted by molar-refractivity contribution is -0.120. The molecule has 0 saturated heterocycles. The zero-order chi connectivity index (χ0) is 19.5. The second-order valence-electron chi connectivity index (χ2n) is 6.16. The summed E-state index contributed by atoms with van der Waals surface area (Å²) in [6.07, 6.45) is 6.44. The number of pyridine rings is 1. The molecule has 0 saturated carbocycles. The van der Waals surface area contributed by atoms with Crippen LogP contribution < -0.4 is 5.32 Å². The standard InChI is InChI=1S/C20H17FN6O/c1-2-23-18(28)10-17-26-15-9-12(16-11-22-6-7-24-16)8-13(20(15)27-17)19-14(21)4-3-5-25-19/h3-9,11H,2,10H2,1H3,(H,23,28)(H,26,27). The van der Waals surface area contributed by atoms with Crippen LogP contribution in [-0.4, -0.2) is 37.4 Å². The molecule has 0 atom stereocenters. The molecule has 1 aromatic carbocycles. The zero-order valence-corrected chi connectivity index (χ0v) is 15.1. The molecule has 140 valence electrons. The number of aromatic amines is 1. The van der Waals surface area contributed by atoms with Gasteiger partial charge in [0.15, 0.2) is 0 Å². The molecule has 3 aromatic heterocycles. The highest BCUT2D eigenvalue weighted by atomic mass is 19.1. The van der Waals surface area contributed by atoms with Crippen molar-refractivity contribution in [3.8, 4) is 22.5 Å². The van der Waals surface area contributed by atoms with Crippen LogP contribution >= 0.6 is 0 Å². The predicted molar refractivity (Wildman–Crippen MR) is 103 cm³/mol. The molecular weight excluding hydrogens is 359 g/mol. The van der Waals surface area contributed by atoms with Gasteiger partial charge in [-0.25, -0.2) is 9.37 Å². The molecule has 0 bridgehead atoms. The molecule has 0 spiro atoms. The van der Waals surface area contributed by atoms with Gasteiger partial charge >= 0.3 is 0 Å². The van der Waals surface area contributed by atoms with Crippen LogP contribution in [0.5, 0.6) is 0 Å². The number of nitrogens with zero attached hydrogens (tertiary/aromatic N) is 4. The Morgan fingerprint density at radius 3 is 2.86 bits per heavy atom. The van der Waals surface area contributed by atoms with Gasteiger partial charge in [0, 0.05) is 36.3 Å². The largest absolute Gasteiger partial charge is 0.356 e. The summed E-state index contributed by atoms with van der Waals surface area (Å²) in [7, 11) is 0. The minimum Gasteiger partial charge on any atom is -0.356 e. The van der Waals surface area contributed by atoms with Crippen LogP contribution in [0.4, 0.5) is 4.39 Å². The zero-order valence-electron chi connectivity index (χ0n) is 15.1. The van der Waals surface area contributed by atoms with Gasteiger partial charge in [-0.1, -0.05) is 0 Å². The van der Waals surface area contributed by atoms with E-state index in [1.807, 2.05) is 13.0 Å². The first kappa shape index (κ1) is 17.7. The van der Waals surface area contributed by atoms with E-state index in [1.165, 1.54) is 18.3 Å². The molecule has 3 heterocycles. The fourth-order valence-electron chi connectivity index (χ4n) is 3.02. The van der Waals surface area contributed by atoms with Crippen LogP contribution in [0, 0.1) is 5.82 Å². The molecule has 0 radical (unpaired) electrons. The van der Waals surface area contributed by atoms with Crippen molar-refractivity contribution in [2.45, 2.75) is 13.3 Å². The van der Waals surface area contributed by atoms with Gasteiger partial charge in [-0.2, -0.15) is 0 Å². The Morgan fingerprint density at radius 2 is 2.11 bits per heavy atom. The Labute approximate surface area is 160 Å². The fourth-order valence-corrected chi connectivity index (χ4v) is 3.02. The molecule has 8 heteroatoms. The lowest BCUT2D eigenvalue weighted by atomic mass is 10.0. The summed E-state index contributed by atoms with van der Waals surface area (Å²) in [4.78, 5) is 32.2. The fraction of sp³-hybridized carbons (Fsp3) is 0.150. The summed E-state index contributed by atoms with van der Waals surface area (Å²) in [5, 5.41) is 2.74. The minimum absolute atomic E-state index is 0.104. The number of carbonyl (C=O) groups is 1. The SMILES string of the molecule is CCNC(=O)Cc1nc2c(-c3ncccc3F)cc(-c3cnccn3)cc2[nH]1. The number of rotatable bonds is 5. The molecule has 0 unspecified atom stereocenters. The molecule has 2 N–H and O–H groups in total. The summed E-state index contributed by atoms with van der Waals surface area (Å²) < 4.78 is 14.5. The number of amides is 1.